The predicted octanol–water partition coefficient (Wildman–Crippen LogP) is 3.59. The Hall–Kier alpha value is -1.61. The maximum absolute atomic E-state index is 11.7. The Bertz CT molecular complexity index is 474. The van der Waals surface area contributed by atoms with Gasteiger partial charge in [0.05, 0.1) is 6.61 Å². The lowest BCUT2D eigenvalue weighted by Crippen LogP contribution is -2.03. The third-order valence-electron chi connectivity index (χ3n) is 2.21. The normalized spacial score (nSPS) is 10.1. The fourth-order valence-corrected chi connectivity index (χ4v) is 2.32. The Morgan fingerprint density at radius 3 is 2.69 bits per heavy atom. The maximum Gasteiger partial charge on any atom is 0.348 e. The number of hydrogen-bond donors (Lipinski definition) is 0. The van der Waals surface area contributed by atoms with E-state index in [-0.39, 0.29) is 5.97 Å². The van der Waals surface area contributed by atoms with Crippen molar-refractivity contribution in [1.29, 1.82) is 0 Å². The van der Waals surface area contributed by atoms with Crippen molar-refractivity contribution in [3.63, 3.8) is 0 Å². The van der Waals surface area contributed by atoms with Crippen LogP contribution in [-0.4, -0.2) is 12.6 Å². The van der Waals surface area contributed by atoms with E-state index in [9.17, 15) is 4.79 Å². The molecule has 3 heteroatoms. The number of esters is 1. The molecule has 1 heterocycles. The summed E-state index contributed by atoms with van der Waals surface area (Å²) in [5.74, 6) is -0.239. The summed E-state index contributed by atoms with van der Waals surface area (Å²) in [5.41, 5.74) is 2.00. The fraction of sp³-hybridized carbons (Fsp3) is 0.154. The Morgan fingerprint density at radius 1 is 1.25 bits per heavy atom. The molecule has 0 aliphatic heterocycles. The summed E-state index contributed by atoms with van der Waals surface area (Å²) >= 11 is 1.42. The molecule has 0 spiro atoms. The van der Waals surface area contributed by atoms with Gasteiger partial charge in [0, 0.05) is 5.56 Å². The fourth-order valence-electron chi connectivity index (χ4n) is 1.51. The summed E-state index contributed by atoms with van der Waals surface area (Å²) in [5, 5.41) is 1.91. The van der Waals surface area contributed by atoms with Crippen LogP contribution < -0.4 is 0 Å². The molecule has 0 saturated heterocycles. The van der Waals surface area contributed by atoms with Crippen molar-refractivity contribution < 1.29 is 9.53 Å². The van der Waals surface area contributed by atoms with Gasteiger partial charge in [-0.2, -0.15) is 0 Å². The SMILES string of the molecule is CCOC(=O)c1sccc1-c1ccccc1. The molecule has 0 atom stereocenters. The molecule has 1 aromatic heterocycles. The van der Waals surface area contributed by atoms with Gasteiger partial charge in [0.15, 0.2) is 0 Å². The summed E-state index contributed by atoms with van der Waals surface area (Å²) in [4.78, 5) is 12.4. The molecule has 0 aliphatic carbocycles. The first-order chi connectivity index (χ1) is 7.83. The van der Waals surface area contributed by atoms with Crippen molar-refractivity contribution in [1.82, 2.24) is 0 Å². The Kier molecular flexibility index (Phi) is 3.37. The van der Waals surface area contributed by atoms with Gasteiger partial charge >= 0.3 is 5.97 Å². The van der Waals surface area contributed by atoms with Gasteiger partial charge in [-0.25, -0.2) is 4.79 Å². The lowest BCUT2D eigenvalue weighted by atomic mass is 10.1. The van der Waals surface area contributed by atoms with Crippen LogP contribution in [0.4, 0.5) is 0 Å². The molecule has 16 heavy (non-hydrogen) atoms. The Labute approximate surface area is 98.5 Å². The first-order valence-corrected chi connectivity index (χ1v) is 6.01. The number of carbonyl (C=O) groups is 1. The van der Waals surface area contributed by atoms with Gasteiger partial charge in [0.25, 0.3) is 0 Å². The van der Waals surface area contributed by atoms with Crippen LogP contribution in [0.15, 0.2) is 41.8 Å². The van der Waals surface area contributed by atoms with Gasteiger partial charge < -0.3 is 4.74 Å². The molecule has 0 fully saturated rings. The predicted molar refractivity (Wildman–Crippen MR) is 65.7 cm³/mol. The quantitative estimate of drug-likeness (QED) is 0.756. The molecule has 82 valence electrons. The molecule has 0 unspecified atom stereocenters. The van der Waals surface area contributed by atoms with Gasteiger partial charge in [-0.15, -0.1) is 11.3 Å². The largest absolute Gasteiger partial charge is 0.462 e. The van der Waals surface area contributed by atoms with Crippen molar-refractivity contribution in [2.24, 2.45) is 0 Å². The van der Waals surface area contributed by atoms with Crippen molar-refractivity contribution in [2.75, 3.05) is 6.61 Å². The third kappa shape index (κ3) is 2.14. The summed E-state index contributed by atoms with van der Waals surface area (Å²) in [6.45, 7) is 2.22. The summed E-state index contributed by atoms with van der Waals surface area (Å²) in [6, 6.07) is 11.8. The number of thiophene rings is 1. The average molecular weight is 232 g/mol. The highest BCUT2D eigenvalue weighted by Gasteiger charge is 2.14. The van der Waals surface area contributed by atoms with Crippen molar-refractivity contribution in [2.45, 2.75) is 6.92 Å². The first kappa shape index (κ1) is 10.9. The minimum Gasteiger partial charge on any atom is -0.462 e. The van der Waals surface area contributed by atoms with Crippen LogP contribution in [0.2, 0.25) is 0 Å². The Balaban J connectivity index is 2.37. The van der Waals surface area contributed by atoms with E-state index in [1.165, 1.54) is 11.3 Å². The molecule has 2 aromatic rings. The highest BCUT2D eigenvalue weighted by atomic mass is 32.1. The summed E-state index contributed by atoms with van der Waals surface area (Å²) in [7, 11) is 0. The van der Waals surface area contributed by atoms with E-state index in [1.54, 1.807) is 0 Å². The van der Waals surface area contributed by atoms with E-state index in [2.05, 4.69) is 0 Å². The van der Waals surface area contributed by atoms with Crippen molar-refractivity contribution in [3.05, 3.63) is 46.7 Å². The van der Waals surface area contributed by atoms with E-state index >= 15 is 0 Å². The van der Waals surface area contributed by atoms with Gasteiger partial charge in [0.1, 0.15) is 4.88 Å². The molecular formula is C13H12O2S. The summed E-state index contributed by atoms with van der Waals surface area (Å²) < 4.78 is 5.02. The molecule has 0 aliphatic rings. The lowest BCUT2D eigenvalue weighted by Gasteiger charge is -2.03. The highest BCUT2D eigenvalue weighted by molar-refractivity contribution is 7.12. The van der Waals surface area contributed by atoms with E-state index in [1.807, 2.05) is 48.7 Å². The van der Waals surface area contributed by atoms with Crippen molar-refractivity contribution in [3.8, 4) is 11.1 Å². The van der Waals surface area contributed by atoms with Gasteiger partial charge in [-0.1, -0.05) is 30.3 Å². The molecule has 0 radical (unpaired) electrons. The number of benzene rings is 1. The van der Waals surface area contributed by atoms with E-state index < -0.39 is 0 Å². The van der Waals surface area contributed by atoms with E-state index in [4.69, 9.17) is 4.74 Å². The Morgan fingerprint density at radius 2 is 2.00 bits per heavy atom. The van der Waals surface area contributed by atoms with E-state index in [0.717, 1.165) is 11.1 Å². The zero-order valence-corrected chi connectivity index (χ0v) is 9.79. The van der Waals surface area contributed by atoms with Crippen molar-refractivity contribution >= 4 is 17.3 Å². The first-order valence-electron chi connectivity index (χ1n) is 5.13. The smallest absolute Gasteiger partial charge is 0.348 e. The molecule has 2 nitrogen and oxygen atoms in total. The van der Waals surface area contributed by atoms with Crippen LogP contribution in [0.1, 0.15) is 16.6 Å². The topological polar surface area (TPSA) is 26.3 Å². The third-order valence-corrected chi connectivity index (χ3v) is 3.11. The second kappa shape index (κ2) is 4.94. The number of hydrogen-bond acceptors (Lipinski definition) is 3. The second-order valence-corrected chi connectivity index (χ2v) is 4.17. The highest BCUT2D eigenvalue weighted by Crippen LogP contribution is 2.28. The average Bonchev–Trinajstić information content (AvgIpc) is 2.79. The standard InChI is InChI=1S/C13H12O2S/c1-2-15-13(14)12-11(8-9-16-12)10-6-4-3-5-7-10/h3-9H,2H2,1H3. The molecule has 1 aromatic carbocycles. The second-order valence-electron chi connectivity index (χ2n) is 3.25. The van der Waals surface area contributed by atoms with Crippen LogP contribution in [0.25, 0.3) is 11.1 Å². The molecule has 0 bridgehead atoms. The monoisotopic (exact) mass is 232 g/mol. The van der Waals surface area contributed by atoms with Crippen LogP contribution in [-0.2, 0) is 4.74 Å². The van der Waals surface area contributed by atoms with Crippen LogP contribution in [0.3, 0.4) is 0 Å². The number of ether oxygens (including phenoxy) is 1. The molecule has 0 amide bonds. The van der Waals surface area contributed by atoms with Crippen LogP contribution in [0.5, 0.6) is 0 Å². The van der Waals surface area contributed by atoms with Gasteiger partial charge in [0.2, 0.25) is 0 Å². The van der Waals surface area contributed by atoms with Gasteiger partial charge in [-0.3, -0.25) is 0 Å². The molecular weight excluding hydrogens is 220 g/mol. The zero-order chi connectivity index (χ0) is 11.4. The minimum atomic E-state index is -0.239. The number of rotatable bonds is 3. The minimum absolute atomic E-state index is 0.239. The van der Waals surface area contributed by atoms with Gasteiger partial charge in [-0.05, 0) is 23.9 Å². The number of carbonyl (C=O) groups excluding carboxylic acids is 1. The van der Waals surface area contributed by atoms with E-state index in [0.29, 0.717) is 11.5 Å². The van der Waals surface area contributed by atoms with Crippen LogP contribution in [0, 0.1) is 0 Å². The lowest BCUT2D eigenvalue weighted by molar-refractivity contribution is 0.0533. The summed E-state index contributed by atoms with van der Waals surface area (Å²) in [6.07, 6.45) is 0. The molecule has 0 N–H and O–H groups in total. The maximum atomic E-state index is 11.7. The zero-order valence-electron chi connectivity index (χ0n) is 8.97. The molecule has 0 saturated carbocycles. The van der Waals surface area contributed by atoms with Crippen LogP contribution >= 0.6 is 11.3 Å². The molecule has 2 rings (SSSR count).